The van der Waals surface area contributed by atoms with Crippen molar-refractivity contribution in [2.45, 2.75) is 25.8 Å². The number of ether oxygens (including phenoxy) is 1. The standard InChI is InChI=1S/C12H17N3O4/c1-2-18-12(17)13-9-4-3-6-15(8-9)11(16)10-5-7-19-14-10/h5,7,9H,2-4,6,8H2,1H3,(H,13,17)/t9-/m1/s1. The van der Waals surface area contributed by atoms with Crippen LogP contribution in [0.5, 0.6) is 0 Å². The van der Waals surface area contributed by atoms with Crippen LogP contribution in [0.4, 0.5) is 4.79 Å². The topological polar surface area (TPSA) is 84.7 Å². The normalized spacial score (nSPS) is 19.0. The maximum Gasteiger partial charge on any atom is 0.407 e. The number of carbonyl (C=O) groups is 2. The van der Waals surface area contributed by atoms with Gasteiger partial charge in [0.1, 0.15) is 6.26 Å². The van der Waals surface area contributed by atoms with E-state index in [4.69, 9.17) is 4.74 Å². The molecule has 19 heavy (non-hydrogen) atoms. The Labute approximate surface area is 110 Å². The molecule has 1 atom stereocenters. The van der Waals surface area contributed by atoms with Gasteiger partial charge in [0.05, 0.1) is 6.61 Å². The monoisotopic (exact) mass is 267 g/mol. The summed E-state index contributed by atoms with van der Waals surface area (Å²) in [6, 6.07) is 1.45. The van der Waals surface area contributed by atoms with Gasteiger partial charge in [-0.2, -0.15) is 0 Å². The molecule has 1 saturated heterocycles. The molecule has 104 valence electrons. The summed E-state index contributed by atoms with van der Waals surface area (Å²) in [7, 11) is 0. The summed E-state index contributed by atoms with van der Waals surface area (Å²) in [5, 5.41) is 6.38. The van der Waals surface area contributed by atoms with Crippen LogP contribution in [-0.2, 0) is 4.74 Å². The molecule has 1 fully saturated rings. The maximum absolute atomic E-state index is 12.1. The number of nitrogens with one attached hydrogen (secondary N) is 1. The molecular weight excluding hydrogens is 250 g/mol. The summed E-state index contributed by atoms with van der Waals surface area (Å²) in [5.41, 5.74) is 0.289. The van der Waals surface area contributed by atoms with Crippen LogP contribution < -0.4 is 5.32 Å². The highest BCUT2D eigenvalue weighted by Gasteiger charge is 2.26. The van der Waals surface area contributed by atoms with Crippen LogP contribution in [0.15, 0.2) is 16.9 Å². The van der Waals surface area contributed by atoms with Gasteiger partial charge in [-0.25, -0.2) is 4.79 Å². The minimum atomic E-state index is -0.441. The summed E-state index contributed by atoms with van der Waals surface area (Å²) in [6.07, 6.45) is 2.59. The van der Waals surface area contributed by atoms with Gasteiger partial charge in [0.2, 0.25) is 0 Å². The number of aromatic nitrogens is 1. The Morgan fingerprint density at radius 1 is 1.63 bits per heavy atom. The van der Waals surface area contributed by atoms with Crippen LogP contribution in [0.2, 0.25) is 0 Å². The summed E-state index contributed by atoms with van der Waals surface area (Å²) in [5.74, 6) is -0.177. The van der Waals surface area contributed by atoms with Crippen LogP contribution in [0.25, 0.3) is 0 Å². The second-order valence-corrected chi connectivity index (χ2v) is 4.34. The molecule has 0 aromatic carbocycles. The van der Waals surface area contributed by atoms with Gasteiger partial charge in [-0.05, 0) is 19.8 Å². The van der Waals surface area contributed by atoms with Crippen molar-refractivity contribution in [1.29, 1.82) is 0 Å². The van der Waals surface area contributed by atoms with Crippen molar-refractivity contribution in [1.82, 2.24) is 15.4 Å². The Morgan fingerprint density at radius 2 is 2.47 bits per heavy atom. The molecule has 1 aromatic heterocycles. The van der Waals surface area contributed by atoms with E-state index >= 15 is 0 Å². The molecule has 1 aliphatic rings. The lowest BCUT2D eigenvalue weighted by atomic mass is 10.1. The molecule has 2 amide bonds. The molecule has 1 N–H and O–H groups in total. The van der Waals surface area contributed by atoms with Gasteiger partial charge in [-0.15, -0.1) is 0 Å². The van der Waals surface area contributed by atoms with Crippen molar-refractivity contribution in [3.63, 3.8) is 0 Å². The van der Waals surface area contributed by atoms with Gasteiger partial charge in [0, 0.05) is 25.2 Å². The van der Waals surface area contributed by atoms with E-state index in [2.05, 4.69) is 15.0 Å². The summed E-state index contributed by atoms with van der Waals surface area (Å²) in [6.45, 7) is 3.21. The first-order valence-electron chi connectivity index (χ1n) is 6.33. The lowest BCUT2D eigenvalue weighted by molar-refractivity contribution is 0.0676. The second-order valence-electron chi connectivity index (χ2n) is 4.34. The minimum Gasteiger partial charge on any atom is -0.450 e. The molecule has 0 unspecified atom stereocenters. The van der Waals surface area contributed by atoms with E-state index in [1.54, 1.807) is 11.8 Å². The molecule has 1 aromatic rings. The minimum absolute atomic E-state index is 0.0800. The highest BCUT2D eigenvalue weighted by Crippen LogP contribution is 2.13. The molecule has 0 radical (unpaired) electrons. The van der Waals surface area contributed by atoms with Gasteiger partial charge in [-0.3, -0.25) is 4.79 Å². The average Bonchev–Trinajstić information content (AvgIpc) is 2.92. The van der Waals surface area contributed by atoms with E-state index in [9.17, 15) is 9.59 Å². The molecule has 0 bridgehead atoms. The fourth-order valence-corrected chi connectivity index (χ4v) is 2.10. The second kappa shape index (κ2) is 6.21. The predicted molar refractivity (Wildman–Crippen MR) is 65.6 cm³/mol. The zero-order valence-corrected chi connectivity index (χ0v) is 10.8. The highest BCUT2D eigenvalue weighted by molar-refractivity contribution is 5.92. The van der Waals surface area contributed by atoms with Crippen molar-refractivity contribution in [2.24, 2.45) is 0 Å². The number of likely N-dealkylation sites (tertiary alicyclic amines) is 1. The Kier molecular flexibility index (Phi) is 4.38. The predicted octanol–water partition coefficient (Wildman–Crippen LogP) is 1.03. The van der Waals surface area contributed by atoms with E-state index in [1.807, 2.05) is 0 Å². The van der Waals surface area contributed by atoms with Crippen molar-refractivity contribution < 1.29 is 18.8 Å². The van der Waals surface area contributed by atoms with E-state index in [0.717, 1.165) is 12.8 Å². The fraction of sp³-hybridized carbons (Fsp3) is 0.583. The van der Waals surface area contributed by atoms with Crippen LogP contribution in [0.3, 0.4) is 0 Å². The Morgan fingerprint density at radius 3 is 3.16 bits per heavy atom. The summed E-state index contributed by atoms with van der Waals surface area (Å²) in [4.78, 5) is 25.1. The number of hydrogen-bond donors (Lipinski definition) is 1. The molecule has 0 aliphatic carbocycles. The highest BCUT2D eigenvalue weighted by atomic mass is 16.5. The number of rotatable bonds is 3. The smallest absolute Gasteiger partial charge is 0.407 e. The number of carbonyl (C=O) groups excluding carboxylic acids is 2. The lowest BCUT2D eigenvalue weighted by Crippen LogP contribution is -2.49. The van der Waals surface area contributed by atoms with Gasteiger partial charge < -0.3 is 19.5 Å². The number of piperidine rings is 1. The Hall–Kier alpha value is -2.05. The fourth-order valence-electron chi connectivity index (χ4n) is 2.10. The van der Waals surface area contributed by atoms with Gasteiger partial charge in [0.15, 0.2) is 5.69 Å². The van der Waals surface area contributed by atoms with E-state index in [0.29, 0.717) is 19.7 Å². The van der Waals surface area contributed by atoms with Crippen LogP contribution in [0.1, 0.15) is 30.3 Å². The van der Waals surface area contributed by atoms with E-state index < -0.39 is 6.09 Å². The Balaban J connectivity index is 1.90. The summed E-state index contributed by atoms with van der Waals surface area (Å²) >= 11 is 0. The van der Waals surface area contributed by atoms with Crippen LogP contribution >= 0.6 is 0 Å². The quantitative estimate of drug-likeness (QED) is 0.884. The zero-order valence-electron chi connectivity index (χ0n) is 10.8. The molecule has 7 heteroatoms. The van der Waals surface area contributed by atoms with Gasteiger partial charge in [-0.1, -0.05) is 5.16 Å². The summed E-state index contributed by atoms with van der Waals surface area (Å²) < 4.78 is 9.49. The van der Waals surface area contributed by atoms with Crippen molar-refractivity contribution in [3.8, 4) is 0 Å². The third kappa shape index (κ3) is 3.46. The maximum atomic E-state index is 12.1. The largest absolute Gasteiger partial charge is 0.450 e. The van der Waals surface area contributed by atoms with Gasteiger partial charge >= 0.3 is 6.09 Å². The third-order valence-electron chi connectivity index (χ3n) is 2.96. The first-order valence-corrected chi connectivity index (χ1v) is 6.33. The Bertz CT molecular complexity index is 432. The molecule has 7 nitrogen and oxygen atoms in total. The first-order chi connectivity index (χ1) is 9.20. The third-order valence-corrected chi connectivity index (χ3v) is 2.96. The SMILES string of the molecule is CCOC(=O)N[C@@H]1CCCN(C(=O)c2ccon2)C1. The first kappa shape index (κ1) is 13.4. The molecule has 0 saturated carbocycles. The van der Waals surface area contributed by atoms with Crippen molar-refractivity contribution in [3.05, 3.63) is 18.0 Å². The lowest BCUT2D eigenvalue weighted by Gasteiger charge is -2.32. The molecule has 0 spiro atoms. The van der Waals surface area contributed by atoms with E-state index in [1.165, 1.54) is 12.3 Å². The number of hydrogen-bond acceptors (Lipinski definition) is 5. The molecule has 1 aliphatic heterocycles. The van der Waals surface area contributed by atoms with Crippen molar-refractivity contribution in [2.75, 3.05) is 19.7 Å². The van der Waals surface area contributed by atoms with Crippen LogP contribution in [-0.4, -0.2) is 47.8 Å². The number of alkyl carbamates (subject to hydrolysis) is 1. The molecule has 2 rings (SSSR count). The van der Waals surface area contributed by atoms with E-state index in [-0.39, 0.29) is 17.6 Å². The van der Waals surface area contributed by atoms with Crippen molar-refractivity contribution >= 4 is 12.0 Å². The van der Waals surface area contributed by atoms with Gasteiger partial charge in [0.25, 0.3) is 5.91 Å². The number of amides is 2. The average molecular weight is 267 g/mol. The molecule has 2 heterocycles. The number of nitrogens with zero attached hydrogens (tertiary/aromatic N) is 2. The van der Waals surface area contributed by atoms with Crippen LogP contribution in [0, 0.1) is 0 Å². The molecular formula is C12H17N3O4. The zero-order chi connectivity index (χ0) is 13.7.